The van der Waals surface area contributed by atoms with Gasteiger partial charge in [-0.15, -0.1) is 0 Å². The van der Waals surface area contributed by atoms with Crippen molar-refractivity contribution in [2.45, 2.75) is 31.7 Å². The second-order valence-corrected chi connectivity index (χ2v) is 5.23. The summed E-state index contributed by atoms with van der Waals surface area (Å²) in [5.74, 6) is 0. The summed E-state index contributed by atoms with van der Waals surface area (Å²) in [4.78, 5) is 14.6. The quantitative estimate of drug-likeness (QED) is 0.726. The Hall–Kier alpha value is -0.950. The molecule has 17 heavy (non-hydrogen) atoms. The summed E-state index contributed by atoms with van der Waals surface area (Å²) in [6, 6.07) is 0. The van der Waals surface area contributed by atoms with Crippen LogP contribution in [0, 0.1) is 6.92 Å². The monoisotopic (exact) mass is 257 g/mol. The zero-order chi connectivity index (χ0) is 12.4. The third kappa shape index (κ3) is 2.84. The third-order valence-corrected chi connectivity index (χ3v) is 3.59. The van der Waals surface area contributed by atoms with Crippen LogP contribution in [-0.4, -0.2) is 40.1 Å². The van der Waals surface area contributed by atoms with Gasteiger partial charge in [0, 0.05) is 11.3 Å². The zero-order valence-corrected chi connectivity index (χ0v) is 10.2. The number of rotatable bonds is 3. The molecule has 1 aromatic rings. The maximum Gasteiger partial charge on any atom is 0.305 e. The van der Waals surface area contributed by atoms with Gasteiger partial charge in [-0.25, -0.2) is 0 Å². The van der Waals surface area contributed by atoms with E-state index in [9.17, 15) is 9.90 Å². The van der Waals surface area contributed by atoms with Crippen LogP contribution in [0.25, 0.3) is 6.08 Å². The van der Waals surface area contributed by atoms with Gasteiger partial charge in [0.2, 0.25) is 0 Å². The lowest BCUT2D eigenvalue weighted by atomic mass is 10.1. The van der Waals surface area contributed by atoms with Crippen molar-refractivity contribution >= 4 is 17.4 Å². The molecule has 5 nitrogen and oxygen atoms in total. The lowest BCUT2D eigenvalue weighted by molar-refractivity contribution is -0.0105. The number of aromatic amines is 1. The Morgan fingerprint density at radius 3 is 2.94 bits per heavy atom. The molecule has 94 valence electrons. The van der Waals surface area contributed by atoms with E-state index in [4.69, 9.17) is 9.84 Å². The highest BCUT2D eigenvalue weighted by atomic mass is 32.1. The lowest BCUT2D eigenvalue weighted by Gasteiger charge is -2.09. The molecule has 0 bridgehead atoms. The van der Waals surface area contributed by atoms with E-state index >= 15 is 0 Å². The fourth-order valence-electron chi connectivity index (χ4n) is 1.83. The molecule has 2 rings (SSSR count). The Kier molecular flexibility index (Phi) is 3.78. The number of thiazole rings is 1. The number of aliphatic hydroxyl groups excluding tert-OH is 2. The van der Waals surface area contributed by atoms with Crippen LogP contribution in [0.4, 0.5) is 0 Å². The predicted molar refractivity (Wildman–Crippen MR) is 65.1 cm³/mol. The van der Waals surface area contributed by atoms with Crippen LogP contribution in [0.1, 0.15) is 17.0 Å². The topological polar surface area (TPSA) is 82.6 Å². The highest BCUT2D eigenvalue weighted by molar-refractivity contribution is 7.09. The first-order chi connectivity index (χ1) is 8.10. The Bertz CT molecular complexity index is 464. The number of nitrogens with one attached hydrogen (secondary N) is 1. The molecule has 0 unspecified atom stereocenters. The van der Waals surface area contributed by atoms with Crippen LogP contribution in [0.5, 0.6) is 0 Å². The molecule has 0 radical (unpaired) electrons. The van der Waals surface area contributed by atoms with Gasteiger partial charge in [0.25, 0.3) is 0 Å². The van der Waals surface area contributed by atoms with Gasteiger partial charge in [0.1, 0.15) is 6.10 Å². The van der Waals surface area contributed by atoms with Gasteiger partial charge < -0.3 is 19.9 Å². The van der Waals surface area contributed by atoms with Crippen molar-refractivity contribution in [2.75, 3.05) is 6.61 Å². The molecule has 3 N–H and O–H groups in total. The molecule has 1 saturated heterocycles. The minimum Gasteiger partial charge on any atom is -0.394 e. The van der Waals surface area contributed by atoms with E-state index in [0.717, 1.165) is 21.9 Å². The SMILES string of the molecule is Cc1sc(=O)[nH]c1/C=C/[C@@H]1C[C@H](O)[C@@H](CO)O1. The molecule has 6 heteroatoms. The average molecular weight is 257 g/mol. The van der Waals surface area contributed by atoms with Crippen LogP contribution < -0.4 is 4.87 Å². The predicted octanol–water partition coefficient (Wildman–Crippen LogP) is 0.269. The molecule has 1 aliphatic heterocycles. The van der Waals surface area contributed by atoms with Gasteiger partial charge in [-0.1, -0.05) is 17.4 Å². The second-order valence-electron chi connectivity index (χ2n) is 4.04. The maximum atomic E-state index is 11.1. The van der Waals surface area contributed by atoms with Crippen molar-refractivity contribution in [2.24, 2.45) is 0 Å². The van der Waals surface area contributed by atoms with E-state index in [0.29, 0.717) is 6.42 Å². The van der Waals surface area contributed by atoms with Gasteiger partial charge in [0.15, 0.2) is 0 Å². The van der Waals surface area contributed by atoms with E-state index in [-0.39, 0.29) is 17.6 Å². The highest BCUT2D eigenvalue weighted by Crippen LogP contribution is 2.22. The second kappa shape index (κ2) is 5.14. The molecule has 0 spiro atoms. The zero-order valence-electron chi connectivity index (χ0n) is 9.42. The number of H-pyrrole nitrogens is 1. The molecular weight excluding hydrogens is 242 g/mol. The van der Waals surface area contributed by atoms with Gasteiger partial charge in [-0.2, -0.15) is 0 Å². The first-order valence-electron chi connectivity index (χ1n) is 5.42. The van der Waals surface area contributed by atoms with E-state index in [1.54, 1.807) is 12.2 Å². The number of hydrogen-bond acceptors (Lipinski definition) is 5. The van der Waals surface area contributed by atoms with Gasteiger partial charge in [-0.3, -0.25) is 4.79 Å². The van der Waals surface area contributed by atoms with Crippen LogP contribution >= 0.6 is 11.3 Å². The molecule has 2 heterocycles. The molecule has 0 amide bonds. The van der Waals surface area contributed by atoms with Crippen LogP contribution in [0.2, 0.25) is 0 Å². The van der Waals surface area contributed by atoms with E-state index < -0.39 is 12.2 Å². The summed E-state index contributed by atoms with van der Waals surface area (Å²) < 4.78 is 5.42. The molecular formula is C11H15NO4S. The Morgan fingerprint density at radius 2 is 2.41 bits per heavy atom. The fraction of sp³-hybridized carbons (Fsp3) is 0.545. The Labute approximate surface area is 102 Å². The normalized spacial score (nSPS) is 29.2. The number of aliphatic hydroxyl groups is 2. The average Bonchev–Trinajstić information content (AvgIpc) is 2.79. The molecule has 3 atom stereocenters. The van der Waals surface area contributed by atoms with Crippen LogP contribution in [0.15, 0.2) is 10.9 Å². The lowest BCUT2D eigenvalue weighted by Crippen LogP contribution is -2.24. The highest BCUT2D eigenvalue weighted by Gasteiger charge is 2.31. The number of aryl methyl sites for hydroxylation is 1. The van der Waals surface area contributed by atoms with E-state index in [2.05, 4.69) is 4.98 Å². The van der Waals surface area contributed by atoms with E-state index in [1.165, 1.54) is 0 Å². The van der Waals surface area contributed by atoms with Crippen molar-refractivity contribution < 1.29 is 14.9 Å². The van der Waals surface area contributed by atoms with Crippen molar-refractivity contribution in [1.29, 1.82) is 0 Å². The van der Waals surface area contributed by atoms with Crippen LogP contribution in [0.3, 0.4) is 0 Å². The summed E-state index contributed by atoms with van der Waals surface area (Å²) >= 11 is 1.16. The Balaban J connectivity index is 2.03. The maximum absolute atomic E-state index is 11.1. The van der Waals surface area contributed by atoms with Gasteiger partial charge in [0.05, 0.1) is 24.5 Å². The molecule has 1 aromatic heterocycles. The van der Waals surface area contributed by atoms with Gasteiger partial charge in [-0.05, 0) is 13.0 Å². The summed E-state index contributed by atoms with van der Waals surface area (Å²) in [5, 5.41) is 18.5. The van der Waals surface area contributed by atoms with Gasteiger partial charge >= 0.3 is 4.87 Å². The standard InChI is InChI=1S/C11H15NO4S/c1-6-8(12-11(15)17-6)3-2-7-4-9(14)10(5-13)16-7/h2-3,7,9-10,13-14H,4-5H2,1H3,(H,12,15)/b3-2+/t7-,9+,10-/m1/s1. The summed E-state index contributed by atoms with van der Waals surface area (Å²) in [6.45, 7) is 1.68. The number of aromatic nitrogens is 1. The Morgan fingerprint density at radius 1 is 1.65 bits per heavy atom. The number of hydrogen-bond donors (Lipinski definition) is 3. The molecule has 1 fully saturated rings. The first kappa shape index (κ1) is 12.5. The molecule has 1 aliphatic rings. The van der Waals surface area contributed by atoms with Crippen molar-refractivity contribution in [3.8, 4) is 0 Å². The smallest absolute Gasteiger partial charge is 0.305 e. The van der Waals surface area contributed by atoms with E-state index in [1.807, 2.05) is 6.92 Å². The molecule has 0 saturated carbocycles. The molecule has 0 aromatic carbocycles. The molecule has 0 aliphatic carbocycles. The van der Waals surface area contributed by atoms with Crippen LogP contribution in [-0.2, 0) is 4.74 Å². The first-order valence-corrected chi connectivity index (χ1v) is 6.24. The third-order valence-electron chi connectivity index (χ3n) is 2.77. The fourth-order valence-corrected chi connectivity index (χ4v) is 2.50. The summed E-state index contributed by atoms with van der Waals surface area (Å²) in [6.07, 6.45) is 2.69. The summed E-state index contributed by atoms with van der Waals surface area (Å²) in [5.41, 5.74) is 0.769. The van der Waals surface area contributed by atoms with Crippen molar-refractivity contribution in [1.82, 2.24) is 4.98 Å². The minimum atomic E-state index is -0.628. The number of ether oxygens (including phenoxy) is 1. The van der Waals surface area contributed by atoms with Crippen molar-refractivity contribution in [3.63, 3.8) is 0 Å². The van der Waals surface area contributed by atoms with Crippen molar-refractivity contribution in [3.05, 3.63) is 26.3 Å². The largest absolute Gasteiger partial charge is 0.394 e. The summed E-state index contributed by atoms with van der Waals surface area (Å²) in [7, 11) is 0. The minimum absolute atomic E-state index is 0.0808.